The van der Waals surface area contributed by atoms with E-state index in [0.29, 0.717) is 6.54 Å². The van der Waals surface area contributed by atoms with Gasteiger partial charge in [0.05, 0.1) is 18.6 Å². The topological polar surface area (TPSA) is 50.1 Å². The molecule has 0 aliphatic carbocycles. The van der Waals surface area contributed by atoms with Crippen LogP contribution < -0.4 is 5.32 Å². The Morgan fingerprint density at radius 1 is 1.62 bits per heavy atom. The fraction of sp³-hybridized carbons (Fsp3) is 0.667. The summed E-state index contributed by atoms with van der Waals surface area (Å²) in [5.41, 5.74) is 1.18. The zero-order valence-corrected chi connectivity index (χ0v) is 8.03. The Morgan fingerprint density at radius 3 is 3.15 bits per heavy atom. The molecular weight excluding hydrogens is 166 g/mol. The number of hydrogen-bond acceptors (Lipinski definition) is 3. The number of aromatic nitrogens is 2. The molecule has 0 radical (unpaired) electrons. The van der Waals surface area contributed by atoms with Crippen molar-refractivity contribution in [2.45, 2.75) is 26.4 Å². The van der Waals surface area contributed by atoms with Gasteiger partial charge in [0.15, 0.2) is 0 Å². The second kappa shape index (κ2) is 5.72. The predicted octanol–water partition coefficient (Wildman–Crippen LogP) is 0.375. The summed E-state index contributed by atoms with van der Waals surface area (Å²) in [6.45, 7) is 4.75. The van der Waals surface area contributed by atoms with Crippen LogP contribution in [0.2, 0.25) is 0 Å². The minimum absolute atomic E-state index is 0.182. The van der Waals surface area contributed by atoms with Gasteiger partial charge in [-0.25, -0.2) is 4.98 Å². The lowest BCUT2D eigenvalue weighted by Crippen LogP contribution is -2.19. The van der Waals surface area contributed by atoms with Crippen LogP contribution in [0, 0.1) is 0 Å². The molecular formula is C9H17N3O. The molecule has 0 saturated carbocycles. The number of rotatable bonds is 6. The average Bonchev–Trinajstić information content (AvgIpc) is 2.54. The van der Waals surface area contributed by atoms with E-state index in [1.54, 1.807) is 0 Å². The van der Waals surface area contributed by atoms with Crippen LogP contribution in [-0.2, 0) is 13.1 Å². The van der Waals surface area contributed by atoms with Crippen molar-refractivity contribution in [1.82, 2.24) is 14.9 Å². The third-order valence-corrected chi connectivity index (χ3v) is 1.86. The molecule has 1 rings (SSSR count). The van der Waals surface area contributed by atoms with Crippen LogP contribution in [0.1, 0.15) is 19.0 Å². The third-order valence-electron chi connectivity index (χ3n) is 1.86. The molecule has 1 heterocycles. The average molecular weight is 183 g/mol. The maximum atomic E-state index is 8.58. The summed E-state index contributed by atoms with van der Waals surface area (Å²) < 4.78 is 2.13. The largest absolute Gasteiger partial charge is 0.395 e. The summed E-state index contributed by atoms with van der Waals surface area (Å²) in [4.78, 5) is 4.08. The fourth-order valence-corrected chi connectivity index (χ4v) is 1.23. The van der Waals surface area contributed by atoms with Crippen molar-refractivity contribution >= 4 is 0 Å². The first-order valence-electron chi connectivity index (χ1n) is 4.69. The Morgan fingerprint density at radius 2 is 2.46 bits per heavy atom. The zero-order chi connectivity index (χ0) is 9.52. The Hall–Kier alpha value is -0.870. The molecule has 1 aromatic heterocycles. The molecule has 74 valence electrons. The maximum Gasteiger partial charge on any atom is 0.0948 e. The number of aliphatic hydroxyl groups excluding tert-OH is 1. The predicted molar refractivity (Wildman–Crippen MR) is 51.3 cm³/mol. The van der Waals surface area contributed by atoms with Crippen molar-refractivity contribution in [1.29, 1.82) is 0 Å². The van der Waals surface area contributed by atoms with Gasteiger partial charge in [-0.3, -0.25) is 0 Å². The number of nitrogens with zero attached hydrogens (tertiary/aromatic N) is 2. The van der Waals surface area contributed by atoms with E-state index >= 15 is 0 Å². The van der Waals surface area contributed by atoms with Crippen LogP contribution in [0.3, 0.4) is 0 Å². The highest BCUT2D eigenvalue weighted by Gasteiger charge is 1.99. The lowest BCUT2D eigenvalue weighted by Gasteiger charge is -2.06. The molecule has 1 aromatic rings. The lowest BCUT2D eigenvalue weighted by molar-refractivity contribution is 0.291. The van der Waals surface area contributed by atoms with Crippen LogP contribution in [-0.4, -0.2) is 27.8 Å². The van der Waals surface area contributed by atoms with E-state index in [2.05, 4.69) is 21.8 Å². The minimum atomic E-state index is 0.182. The normalized spacial score (nSPS) is 10.6. The van der Waals surface area contributed by atoms with Crippen LogP contribution >= 0.6 is 0 Å². The first kappa shape index (κ1) is 10.2. The standard InChI is InChI=1S/C9H17N3O/c1-2-4-12-8-11-7-9(12)6-10-3-5-13/h7-8,10,13H,2-6H2,1H3. The number of imidazole rings is 1. The van der Waals surface area contributed by atoms with Crippen LogP contribution in [0.5, 0.6) is 0 Å². The van der Waals surface area contributed by atoms with Crippen molar-refractivity contribution in [3.63, 3.8) is 0 Å². The van der Waals surface area contributed by atoms with Crippen molar-refractivity contribution in [3.05, 3.63) is 18.2 Å². The molecule has 4 heteroatoms. The summed E-state index contributed by atoms with van der Waals surface area (Å²) in [6, 6.07) is 0. The van der Waals surface area contributed by atoms with Crippen molar-refractivity contribution in [2.75, 3.05) is 13.2 Å². The van der Waals surface area contributed by atoms with Crippen molar-refractivity contribution in [3.8, 4) is 0 Å². The molecule has 13 heavy (non-hydrogen) atoms. The highest BCUT2D eigenvalue weighted by atomic mass is 16.3. The van der Waals surface area contributed by atoms with E-state index < -0.39 is 0 Å². The number of hydrogen-bond donors (Lipinski definition) is 2. The second-order valence-corrected chi connectivity index (χ2v) is 2.98. The Labute approximate surface area is 78.6 Å². The van der Waals surface area contributed by atoms with Gasteiger partial charge in [0.1, 0.15) is 0 Å². The summed E-state index contributed by atoms with van der Waals surface area (Å²) in [5, 5.41) is 11.7. The summed E-state index contributed by atoms with van der Waals surface area (Å²) >= 11 is 0. The number of nitrogens with one attached hydrogen (secondary N) is 1. The first-order chi connectivity index (χ1) is 6.38. The first-order valence-corrected chi connectivity index (χ1v) is 4.69. The highest BCUT2D eigenvalue weighted by Crippen LogP contribution is 1.99. The molecule has 0 aromatic carbocycles. The molecule has 0 atom stereocenters. The minimum Gasteiger partial charge on any atom is -0.395 e. The summed E-state index contributed by atoms with van der Waals surface area (Å²) in [6.07, 6.45) is 4.82. The molecule has 0 aliphatic heterocycles. The molecule has 0 amide bonds. The van der Waals surface area contributed by atoms with Gasteiger partial charge in [0, 0.05) is 25.8 Å². The van der Waals surface area contributed by atoms with Gasteiger partial charge in [-0.1, -0.05) is 6.92 Å². The zero-order valence-electron chi connectivity index (χ0n) is 8.03. The molecule has 0 bridgehead atoms. The van der Waals surface area contributed by atoms with Gasteiger partial charge < -0.3 is 15.0 Å². The van der Waals surface area contributed by atoms with Crippen molar-refractivity contribution < 1.29 is 5.11 Å². The van der Waals surface area contributed by atoms with Gasteiger partial charge in [-0.05, 0) is 6.42 Å². The highest BCUT2D eigenvalue weighted by molar-refractivity contribution is 4.97. The molecule has 0 spiro atoms. The summed E-state index contributed by atoms with van der Waals surface area (Å²) in [7, 11) is 0. The van der Waals surface area contributed by atoms with Gasteiger partial charge in [0.2, 0.25) is 0 Å². The fourth-order valence-electron chi connectivity index (χ4n) is 1.23. The molecule has 2 N–H and O–H groups in total. The van der Waals surface area contributed by atoms with Crippen molar-refractivity contribution in [2.24, 2.45) is 0 Å². The van der Waals surface area contributed by atoms with E-state index in [9.17, 15) is 0 Å². The quantitative estimate of drug-likeness (QED) is 0.627. The van der Waals surface area contributed by atoms with Crippen LogP contribution in [0.4, 0.5) is 0 Å². The Balaban J connectivity index is 2.40. The molecule has 4 nitrogen and oxygen atoms in total. The van der Waals surface area contributed by atoms with E-state index in [1.165, 1.54) is 5.69 Å². The molecule has 0 unspecified atom stereocenters. The molecule has 0 saturated heterocycles. The third kappa shape index (κ3) is 3.16. The Bertz CT molecular complexity index is 235. The monoisotopic (exact) mass is 183 g/mol. The van der Waals surface area contributed by atoms with Crippen LogP contribution in [0.15, 0.2) is 12.5 Å². The van der Waals surface area contributed by atoms with Crippen LogP contribution in [0.25, 0.3) is 0 Å². The van der Waals surface area contributed by atoms with E-state index in [-0.39, 0.29) is 6.61 Å². The molecule has 0 fully saturated rings. The smallest absolute Gasteiger partial charge is 0.0948 e. The second-order valence-electron chi connectivity index (χ2n) is 2.98. The number of aliphatic hydroxyl groups is 1. The van der Waals surface area contributed by atoms with E-state index in [0.717, 1.165) is 19.5 Å². The lowest BCUT2D eigenvalue weighted by atomic mass is 10.4. The number of aryl methyl sites for hydroxylation is 1. The van der Waals surface area contributed by atoms with E-state index in [1.807, 2.05) is 12.5 Å². The van der Waals surface area contributed by atoms with Gasteiger partial charge in [-0.15, -0.1) is 0 Å². The molecule has 0 aliphatic rings. The van der Waals surface area contributed by atoms with Gasteiger partial charge in [-0.2, -0.15) is 0 Å². The van der Waals surface area contributed by atoms with E-state index in [4.69, 9.17) is 5.11 Å². The summed E-state index contributed by atoms with van der Waals surface area (Å²) in [5.74, 6) is 0. The Kier molecular flexibility index (Phi) is 4.49. The van der Waals surface area contributed by atoms with Gasteiger partial charge in [0.25, 0.3) is 0 Å². The maximum absolute atomic E-state index is 8.58. The van der Waals surface area contributed by atoms with Gasteiger partial charge >= 0.3 is 0 Å². The SMILES string of the molecule is CCCn1cncc1CNCCO.